The Morgan fingerprint density at radius 1 is 1.47 bits per heavy atom. The standard InChI is InChI=1S/C12H13Cl2N3O2/c1-16-6-8-4-9(13)5-10(14)12(8)19-7-11(18)17-3-2-15/h4-5,16H,3,6-7H2,1H3,(H,17,18). The van der Waals surface area contributed by atoms with Crippen molar-refractivity contribution in [2.24, 2.45) is 0 Å². The van der Waals surface area contributed by atoms with E-state index in [1.807, 2.05) is 0 Å². The zero-order valence-electron chi connectivity index (χ0n) is 10.3. The molecule has 0 bridgehead atoms. The summed E-state index contributed by atoms with van der Waals surface area (Å²) in [7, 11) is 1.78. The molecule has 1 aromatic carbocycles. The molecule has 7 heteroatoms. The van der Waals surface area contributed by atoms with Gasteiger partial charge in [-0.15, -0.1) is 0 Å². The van der Waals surface area contributed by atoms with Gasteiger partial charge in [-0.2, -0.15) is 5.26 Å². The van der Waals surface area contributed by atoms with Crippen LogP contribution in [0.15, 0.2) is 12.1 Å². The summed E-state index contributed by atoms with van der Waals surface area (Å²) in [6, 6.07) is 5.07. The van der Waals surface area contributed by atoms with Crippen LogP contribution in [0.25, 0.3) is 0 Å². The van der Waals surface area contributed by atoms with Gasteiger partial charge in [0.1, 0.15) is 12.3 Å². The number of halogens is 2. The van der Waals surface area contributed by atoms with Crippen LogP contribution in [0.5, 0.6) is 5.75 Å². The Hall–Kier alpha value is -1.48. The average Bonchev–Trinajstić information content (AvgIpc) is 2.35. The van der Waals surface area contributed by atoms with E-state index in [9.17, 15) is 4.79 Å². The molecule has 0 unspecified atom stereocenters. The lowest BCUT2D eigenvalue weighted by atomic mass is 10.2. The zero-order chi connectivity index (χ0) is 14.3. The molecule has 2 N–H and O–H groups in total. The molecule has 0 aliphatic rings. The fourth-order valence-corrected chi connectivity index (χ4v) is 2.01. The van der Waals surface area contributed by atoms with Crippen LogP contribution in [0, 0.1) is 11.3 Å². The summed E-state index contributed by atoms with van der Waals surface area (Å²) in [6.07, 6.45) is 0. The SMILES string of the molecule is CNCc1cc(Cl)cc(Cl)c1OCC(=O)NCC#N. The molecule has 0 heterocycles. The Balaban J connectivity index is 2.76. The molecule has 1 aromatic rings. The number of carbonyl (C=O) groups excluding carboxylic acids is 1. The van der Waals surface area contributed by atoms with Crippen LogP contribution in [0.1, 0.15) is 5.56 Å². The fraction of sp³-hybridized carbons (Fsp3) is 0.333. The first kappa shape index (κ1) is 15.6. The summed E-state index contributed by atoms with van der Waals surface area (Å²) >= 11 is 11.9. The molecule has 0 aliphatic carbocycles. The lowest BCUT2D eigenvalue weighted by Gasteiger charge is -2.13. The van der Waals surface area contributed by atoms with Crippen LogP contribution in [-0.2, 0) is 11.3 Å². The average molecular weight is 302 g/mol. The van der Waals surface area contributed by atoms with Crippen molar-refractivity contribution < 1.29 is 9.53 Å². The van der Waals surface area contributed by atoms with Crippen LogP contribution >= 0.6 is 23.2 Å². The van der Waals surface area contributed by atoms with Crippen molar-refractivity contribution in [3.8, 4) is 11.8 Å². The summed E-state index contributed by atoms with van der Waals surface area (Å²) in [5.41, 5.74) is 0.757. The monoisotopic (exact) mass is 301 g/mol. The van der Waals surface area contributed by atoms with Crippen molar-refractivity contribution in [3.63, 3.8) is 0 Å². The number of hydrogen-bond donors (Lipinski definition) is 2. The molecule has 0 saturated carbocycles. The maximum absolute atomic E-state index is 11.4. The quantitative estimate of drug-likeness (QED) is 0.785. The molecule has 1 amide bonds. The molecule has 102 valence electrons. The number of amides is 1. The molecule has 1 rings (SSSR count). The van der Waals surface area contributed by atoms with Gasteiger partial charge in [0.05, 0.1) is 11.1 Å². The van der Waals surface area contributed by atoms with Gasteiger partial charge >= 0.3 is 0 Å². The van der Waals surface area contributed by atoms with Crippen LogP contribution in [0.4, 0.5) is 0 Å². The van der Waals surface area contributed by atoms with Gasteiger partial charge in [0, 0.05) is 17.1 Å². The van der Waals surface area contributed by atoms with Crippen LogP contribution in [0.2, 0.25) is 10.0 Å². The number of nitriles is 1. The first-order chi connectivity index (χ1) is 9.08. The van der Waals surface area contributed by atoms with E-state index in [0.717, 1.165) is 5.56 Å². The van der Waals surface area contributed by atoms with Crippen molar-refractivity contribution in [1.82, 2.24) is 10.6 Å². The molecule has 0 aromatic heterocycles. The Morgan fingerprint density at radius 3 is 2.84 bits per heavy atom. The van der Waals surface area contributed by atoms with E-state index in [4.69, 9.17) is 33.2 Å². The van der Waals surface area contributed by atoms with Gasteiger partial charge in [-0.05, 0) is 19.2 Å². The number of hydrogen-bond acceptors (Lipinski definition) is 4. The molecule has 19 heavy (non-hydrogen) atoms. The van der Waals surface area contributed by atoms with Gasteiger partial charge in [-0.25, -0.2) is 0 Å². The summed E-state index contributed by atoms with van der Waals surface area (Å²) in [6.45, 7) is 0.245. The largest absolute Gasteiger partial charge is 0.482 e. The van der Waals surface area contributed by atoms with E-state index in [-0.39, 0.29) is 19.1 Å². The molecule has 0 atom stereocenters. The third-order valence-corrected chi connectivity index (χ3v) is 2.66. The van der Waals surface area contributed by atoms with Gasteiger partial charge in [0.15, 0.2) is 6.61 Å². The second-order valence-electron chi connectivity index (χ2n) is 3.63. The minimum Gasteiger partial charge on any atom is -0.482 e. The van der Waals surface area contributed by atoms with Crippen molar-refractivity contribution in [2.45, 2.75) is 6.54 Å². The zero-order valence-corrected chi connectivity index (χ0v) is 11.8. The molecule has 0 aliphatic heterocycles. The molecular weight excluding hydrogens is 289 g/mol. The Kier molecular flexibility index (Phi) is 6.43. The van der Waals surface area contributed by atoms with E-state index in [1.165, 1.54) is 0 Å². The van der Waals surface area contributed by atoms with E-state index >= 15 is 0 Å². The van der Waals surface area contributed by atoms with Crippen molar-refractivity contribution >= 4 is 29.1 Å². The van der Waals surface area contributed by atoms with Crippen molar-refractivity contribution in [3.05, 3.63) is 27.7 Å². The molecule has 0 spiro atoms. The number of rotatable bonds is 6. The van der Waals surface area contributed by atoms with Crippen LogP contribution in [0.3, 0.4) is 0 Å². The molecule has 0 saturated heterocycles. The predicted octanol–water partition coefficient (Wildman–Crippen LogP) is 1.73. The number of nitrogens with one attached hydrogen (secondary N) is 2. The Bertz CT molecular complexity index is 500. The van der Waals surface area contributed by atoms with E-state index in [2.05, 4.69) is 10.6 Å². The normalized spacial score (nSPS) is 9.79. The van der Waals surface area contributed by atoms with Gasteiger partial charge < -0.3 is 15.4 Å². The predicted molar refractivity (Wildman–Crippen MR) is 73.3 cm³/mol. The highest BCUT2D eigenvalue weighted by atomic mass is 35.5. The Labute approximate surface area is 121 Å². The first-order valence-corrected chi connectivity index (χ1v) is 6.23. The third kappa shape index (κ3) is 4.95. The van der Waals surface area contributed by atoms with Crippen LogP contribution < -0.4 is 15.4 Å². The second kappa shape index (κ2) is 7.85. The van der Waals surface area contributed by atoms with Crippen molar-refractivity contribution in [2.75, 3.05) is 20.2 Å². The molecule has 0 radical (unpaired) electrons. The molecular formula is C12H13Cl2N3O2. The first-order valence-electron chi connectivity index (χ1n) is 5.47. The molecule has 0 fully saturated rings. The van der Waals surface area contributed by atoms with E-state index in [1.54, 1.807) is 25.2 Å². The third-order valence-electron chi connectivity index (χ3n) is 2.16. The van der Waals surface area contributed by atoms with Gasteiger partial charge in [0.2, 0.25) is 0 Å². The number of nitrogens with zero attached hydrogens (tertiary/aromatic N) is 1. The smallest absolute Gasteiger partial charge is 0.258 e. The maximum Gasteiger partial charge on any atom is 0.258 e. The summed E-state index contributed by atoms with van der Waals surface area (Å²) in [5.74, 6) is 0.0236. The van der Waals surface area contributed by atoms with Gasteiger partial charge in [-0.1, -0.05) is 23.2 Å². The highest BCUT2D eigenvalue weighted by Crippen LogP contribution is 2.32. The summed E-state index contributed by atoms with van der Waals surface area (Å²) in [5, 5.41) is 14.5. The fourth-order valence-electron chi connectivity index (χ4n) is 1.42. The highest BCUT2D eigenvalue weighted by molar-refractivity contribution is 6.35. The number of ether oxygens (including phenoxy) is 1. The van der Waals surface area contributed by atoms with Gasteiger partial charge in [0.25, 0.3) is 5.91 Å². The number of carbonyl (C=O) groups is 1. The van der Waals surface area contributed by atoms with E-state index in [0.29, 0.717) is 22.3 Å². The maximum atomic E-state index is 11.4. The number of benzene rings is 1. The summed E-state index contributed by atoms with van der Waals surface area (Å²) in [4.78, 5) is 11.4. The van der Waals surface area contributed by atoms with Crippen molar-refractivity contribution in [1.29, 1.82) is 5.26 Å². The lowest BCUT2D eigenvalue weighted by Crippen LogP contribution is -2.29. The summed E-state index contributed by atoms with van der Waals surface area (Å²) < 4.78 is 5.38. The second-order valence-corrected chi connectivity index (χ2v) is 4.47. The minimum atomic E-state index is -0.386. The van der Waals surface area contributed by atoms with E-state index < -0.39 is 0 Å². The minimum absolute atomic E-state index is 0.0556. The Morgan fingerprint density at radius 2 is 2.21 bits per heavy atom. The molecule has 5 nitrogen and oxygen atoms in total. The van der Waals surface area contributed by atoms with Crippen LogP contribution in [-0.4, -0.2) is 26.1 Å². The topological polar surface area (TPSA) is 74.2 Å². The highest BCUT2D eigenvalue weighted by Gasteiger charge is 2.12. The lowest BCUT2D eigenvalue weighted by molar-refractivity contribution is -0.122. The van der Waals surface area contributed by atoms with Gasteiger partial charge in [-0.3, -0.25) is 4.79 Å².